The van der Waals surface area contributed by atoms with E-state index in [0.29, 0.717) is 17.9 Å². The Morgan fingerprint density at radius 3 is 2.90 bits per heavy atom. The van der Waals surface area contributed by atoms with Gasteiger partial charge in [0.05, 0.1) is 12.7 Å². The monoisotopic (exact) mass is 291 g/mol. The van der Waals surface area contributed by atoms with Crippen LogP contribution < -0.4 is 5.32 Å². The smallest absolute Gasteiger partial charge is 0.0621 e. The lowest BCUT2D eigenvalue weighted by Crippen LogP contribution is -2.38. The molecule has 1 saturated heterocycles. The van der Waals surface area contributed by atoms with Crippen LogP contribution in [0.2, 0.25) is 0 Å². The van der Waals surface area contributed by atoms with Crippen molar-refractivity contribution in [2.45, 2.75) is 38.2 Å². The first-order valence-electron chi connectivity index (χ1n) is 8.17. The molecule has 3 unspecified atom stereocenters. The van der Waals surface area contributed by atoms with E-state index in [0.717, 1.165) is 32.7 Å². The van der Waals surface area contributed by atoms with E-state index in [4.69, 9.17) is 9.47 Å². The molecule has 0 bridgehead atoms. The van der Waals surface area contributed by atoms with Gasteiger partial charge >= 0.3 is 0 Å². The van der Waals surface area contributed by atoms with Gasteiger partial charge in [0.1, 0.15) is 0 Å². The van der Waals surface area contributed by atoms with E-state index >= 15 is 0 Å². The first-order chi connectivity index (χ1) is 10.3. The average molecular weight is 291 g/mol. The highest BCUT2D eigenvalue weighted by atomic mass is 16.5. The van der Waals surface area contributed by atoms with E-state index in [1.807, 2.05) is 0 Å². The lowest BCUT2D eigenvalue weighted by Gasteiger charge is -2.33. The van der Waals surface area contributed by atoms with Crippen molar-refractivity contribution in [2.24, 2.45) is 5.92 Å². The van der Waals surface area contributed by atoms with E-state index in [9.17, 15) is 0 Å². The van der Waals surface area contributed by atoms with Crippen LogP contribution in [0, 0.1) is 5.92 Å². The van der Waals surface area contributed by atoms with Crippen LogP contribution in [0.15, 0.2) is 30.3 Å². The van der Waals surface area contributed by atoms with Gasteiger partial charge in [-0.15, -0.1) is 0 Å². The van der Waals surface area contributed by atoms with Crippen LogP contribution >= 0.6 is 0 Å². The number of ether oxygens (including phenoxy) is 2. The molecule has 3 atom stereocenters. The molecule has 3 nitrogen and oxygen atoms in total. The van der Waals surface area contributed by atoms with E-state index in [1.54, 1.807) is 7.11 Å². The van der Waals surface area contributed by atoms with Gasteiger partial charge in [-0.2, -0.15) is 0 Å². The number of benzene rings is 1. The molecule has 1 aliphatic heterocycles. The highest BCUT2D eigenvalue weighted by molar-refractivity contribution is 5.18. The van der Waals surface area contributed by atoms with E-state index in [2.05, 4.69) is 42.6 Å². The minimum absolute atomic E-state index is 0.379. The summed E-state index contributed by atoms with van der Waals surface area (Å²) in [6, 6.07) is 10.8. The Morgan fingerprint density at radius 1 is 1.33 bits per heavy atom. The molecular formula is C18H29NO2. The topological polar surface area (TPSA) is 30.5 Å². The fourth-order valence-corrected chi connectivity index (χ4v) is 3.12. The van der Waals surface area contributed by atoms with Crippen LogP contribution in [0.4, 0.5) is 0 Å². The fourth-order valence-electron chi connectivity index (χ4n) is 3.12. The molecule has 3 heteroatoms. The zero-order chi connectivity index (χ0) is 14.9. The van der Waals surface area contributed by atoms with Gasteiger partial charge in [-0.25, -0.2) is 0 Å². The number of hydrogen-bond acceptors (Lipinski definition) is 3. The molecule has 118 valence electrons. The third-order valence-electron chi connectivity index (χ3n) is 4.42. The summed E-state index contributed by atoms with van der Waals surface area (Å²) in [6.45, 7) is 5.96. The Labute approximate surface area is 129 Å². The summed E-state index contributed by atoms with van der Waals surface area (Å²) >= 11 is 0. The number of hydrogen-bond donors (Lipinski definition) is 1. The third-order valence-corrected chi connectivity index (χ3v) is 4.42. The van der Waals surface area contributed by atoms with E-state index < -0.39 is 0 Å². The lowest BCUT2D eigenvalue weighted by atomic mass is 9.86. The predicted octanol–water partition coefficient (Wildman–Crippen LogP) is 3.21. The minimum atomic E-state index is 0.379. The summed E-state index contributed by atoms with van der Waals surface area (Å²) in [5.74, 6) is 1.18. The molecule has 2 rings (SSSR count). The number of rotatable bonds is 8. The first-order valence-corrected chi connectivity index (χ1v) is 8.17. The van der Waals surface area contributed by atoms with E-state index in [1.165, 1.54) is 18.4 Å². The van der Waals surface area contributed by atoms with Crippen LogP contribution in [0.5, 0.6) is 0 Å². The average Bonchev–Trinajstić information content (AvgIpc) is 2.54. The van der Waals surface area contributed by atoms with Crippen molar-refractivity contribution in [2.75, 3.05) is 33.4 Å². The Hall–Kier alpha value is -0.900. The van der Waals surface area contributed by atoms with Gasteiger partial charge in [0, 0.05) is 26.8 Å². The number of methoxy groups -OCH3 is 1. The van der Waals surface area contributed by atoms with Gasteiger partial charge in [0.25, 0.3) is 0 Å². The van der Waals surface area contributed by atoms with Gasteiger partial charge in [-0.1, -0.05) is 37.3 Å². The normalized spacial score (nSPS) is 23.9. The van der Waals surface area contributed by atoms with Crippen LogP contribution in [0.1, 0.15) is 37.7 Å². The number of nitrogens with one attached hydrogen (secondary N) is 1. The van der Waals surface area contributed by atoms with Gasteiger partial charge in [-0.3, -0.25) is 0 Å². The molecule has 0 aromatic heterocycles. The molecule has 21 heavy (non-hydrogen) atoms. The molecule has 1 aromatic rings. The molecule has 0 radical (unpaired) electrons. The van der Waals surface area contributed by atoms with Crippen molar-refractivity contribution < 1.29 is 9.47 Å². The van der Waals surface area contributed by atoms with Crippen molar-refractivity contribution in [3.8, 4) is 0 Å². The Morgan fingerprint density at radius 2 is 2.14 bits per heavy atom. The molecule has 0 saturated carbocycles. The molecule has 1 heterocycles. The molecular weight excluding hydrogens is 262 g/mol. The van der Waals surface area contributed by atoms with Gasteiger partial charge < -0.3 is 14.8 Å². The Bertz CT molecular complexity index is 382. The summed E-state index contributed by atoms with van der Waals surface area (Å²) in [4.78, 5) is 0. The highest BCUT2D eigenvalue weighted by Gasteiger charge is 2.27. The maximum atomic E-state index is 6.07. The van der Waals surface area contributed by atoms with Gasteiger partial charge in [0.15, 0.2) is 0 Å². The van der Waals surface area contributed by atoms with Gasteiger partial charge in [-0.05, 0) is 36.7 Å². The highest BCUT2D eigenvalue weighted by Crippen LogP contribution is 2.29. The zero-order valence-corrected chi connectivity index (χ0v) is 13.4. The van der Waals surface area contributed by atoms with Crippen LogP contribution in [-0.4, -0.2) is 39.5 Å². The van der Waals surface area contributed by atoms with Crippen LogP contribution in [0.3, 0.4) is 0 Å². The second-order valence-corrected chi connectivity index (χ2v) is 6.06. The molecule has 0 spiro atoms. The second-order valence-electron chi connectivity index (χ2n) is 6.06. The van der Waals surface area contributed by atoms with Crippen LogP contribution in [0.25, 0.3) is 0 Å². The predicted molar refractivity (Wildman–Crippen MR) is 86.7 cm³/mol. The SMILES string of the molecule is COCCNCC1CCCOC1CC(C)c1ccccc1. The summed E-state index contributed by atoms with van der Waals surface area (Å²) in [5, 5.41) is 3.49. The standard InChI is InChI=1S/C18H29NO2/c1-15(16-7-4-3-5-8-16)13-18-17(9-6-11-21-18)14-19-10-12-20-2/h3-5,7-8,15,17-19H,6,9-14H2,1-2H3. The second kappa shape index (κ2) is 9.19. The quantitative estimate of drug-likeness (QED) is 0.746. The fraction of sp³-hybridized carbons (Fsp3) is 0.667. The molecule has 1 N–H and O–H groups in total. The molecule has 1 fully saturated rings. The summed E-state index contributed by atoms with van der Waals surface area (Å²) < 4.78 is 11.2. The first kappa shape index (κ1) is 16.5. The van der Waals surface area contributed by atoms with Crippen molar-refractivity contribution in [3.05, 3.63) is 35.9 Å². The Balaban J connectivity index is 1.83. The maximum absolute atomic E-state index is 6.07. The Kier molecular flexibility index (Phi) is 7.20. The largest absolute Gasteiger partial charge is 0.383 e. The third kappa shape index (κ3) is 5.42. The van der Waals surface area contributed by atoms with E-state index in [-0.39, 0.29) is 0 Å². The molecule has 0 amide bonds. The van der Waals surface area contributed by atoms with Crippen molar-refractivity contribution in [1.82, 2.24) is 5.32 Å². The summed E-state index contributed by atoms with van der Waals surface area (Å²) in [6.07, 6.45) is 3.95. The molecule has 1 aliphatic rings. The van der Waals surface area contributed by atoms with Crippen molar-refractivity contribution in [1.29, 1.82) is 0 Å². The van der Waals surface area contributed by atoms with Crippen LogP contribution in [-0.2, 0) is 9.47 Å². The summed E-state index contributed by atoms with van der Waals surface area (Å²) in [5.41, 5.74) is 1.41. The molecule has 1 aromatic carbocycles. The molecule has 0 aliphatic carbocycles. The maximum Gasteiger partial charge on any atom is 0.0621 e. The lowest BCUT2D eigenvalue weighted by molar-refractivity contribution is -0.0333. The minimum Gasteiger partial charge on any atom is -0.383 e. The van der Waals surface area contributed by atoms with Gasteiger partial charge in [0.2, 0.25) is 0 Å². The van der Waals surface area contributed by atoms with Crippen molar-refractivity contribution in [3.63, 3.8) is 0 Å². The zero-order valence-electron chi connectivity index (χ0n) is 13.4. The van der Waals surface area contributed by atoms with Crippen molar-refractivity contribution >= 4 is 0 Å². The summed E-state index contributed by atoms with van der Waals surface area (Å²) in [7, 11) is 1.75.